The van der Waals surface area contributed by atoms with Gasteiger partial charge in [-0.15, -0.1) is 0 Å². The van der Waals surface area contributed by atoms with E-state index in [-0.39, 0.29) is 0 Å². The van der Waals surface area contributed by atoms with Crippen LogP contribution >= 0.6 is 0 Å². The second-order valence-corrected chi connectivity index (χ2v) is 6.59. The maximum atomic E-state index is 5.96. The van der Waals surface area contributed by atoms with Gasteiger partial charge < -0.3 is 15.5 Å². The molecule has 0 spiro atoms. The number of para-hydroxylation sites is 1. The lowest BCUT2D eigenvalue weighted by molar-refractivity contribution is 0.195. The summed E-state index contributed by atoms with van der Waals surface area (Å²) >= 11 is 0. The molecular formula is C21H27N3O. The molecule has 1 aromatic carbocycles. The van der Waals surface area contributed by atoms with Gasteiger partial charge in [-0.3, -0.25) is 0 Å². The highest BCUT2D eigenvalue weighted by Gasteiger charge is 2.16. The molecule has 0 aliphatic heterocycles. The first-order valence-electron chi connectivity index (χ1n) is 8.92. The minimum atomic E-state index is 0.591. The highest BCUT2D eigenvalue weighted by Crippen LogP contribution is 2.35. The van der Waals surface area contributed by atoms with Gasteiger partial charge in [-0.1, -0.05) is 25.1 Å². The predicted molar refractivity (Wildman–Crippen MR) is 105 cm³/mol. The van der Waals surface area contributed by atoms with E-state index >= 15 is 0 Å². The minimum Gasteiger partial charge on any atom is -0.385 e. The van der Waals surface area contributed by atoms with E-state index in [0.717, 1.165) is 31.6 Å². The van der Waals surface area contributed by atoms with Crippen molar-refractivity contribution in [1.82, 2.24) is 9.97 Å². The van der Waals surface area contributed by atoms with Crippen LogP contribution in [0.3, 0.4) is 0 Å². The number of aromatic nitrogens is 2. The number of hydrogen-bond donors (Lipinski definition) is 2. The van der Waals surface area contributed by atoms with Crippen molar-refractivity contribution in [2.24, 2.45) is 0 Å². The van der Waals surface area contributed by atoms with Crippen molar-refractivity contribution in [2.75, 3.05) is 19.5 Å². The van der Waals surface area contributed by atoms with E-state index in [1.54, 1.807) is 7.11 Å². The van der Waals surface area contributed by atoms with Gasteiger partial charge in [0.1, 0.15) is 5.82 Å². The van der Waals surface area contributed by atoms with E-state index < -0.39 is 0 Å². The molecule has 0 saturated carbocycles. The first-order valence-corrected chi connectivity index (χ1v) is 8.92. The minimum absolute atomic E-state index is 0.591. The standard InChI is InChI=1S/C21H27N3O/c1-5-17-20(13(2)12-19(22)23-17)16-9-6-8-15-14(3)18(24-21(15)16)10-7-11-25-4/h6,8-9,12,24H,5,7,10-11H2,1-4H3,(H2,22,23). The van der Waals surface area contributed by atoms with Crippen LogP contribution in [0, 0.1) is 13.8 Å². The largest absolute Gasteiger partial charge is 0.385 e. The van der Waals surface area contributed by atoms with Crippen LogP contribution in [0.4, 0.5) is 5.82 Å². The number of pyridine rings is 1. The summed E-state index contributed by atoms with van der Waals surface area (Å²) in [5, 5.41) is 1.28. The Labute approximate surface area is 149 Å². The van der Waals surface area contributed by atoms with Crippen molar-refractivity contribution in [3.8, 4) is 11.1 Å². The number of ether oxygens (including phenoxy) is 1. The zero-order valence-corrected chi connectivity index (χ0v) is 15.6. The lowest BCUT2D eigenvalue weighted by Gasteiger charge is -2.13. The van der Waals surface area contributed by atoms with Crippen LogP contribution in [-0.4, -0.2) is 23.7 Å². The van der Waals surface area contributed by atoms with Crippen molar-refractivity contribution in [2.45, 2.75) is 40.0 Å². The van der Waals surface area contributed by atoms with Crippen molar-refractivity contribution >= 4 is 16.7 Å². The molecule has 3 aromatic rings. The molecule has 0 aliphatic carbocycles. The van der Waals surface area contributed by atoms with Crippen LogP contribution < -0.4 is 5.73 Å². The summed E-state index contributed by atoms with van der Waals surface area (Å²) in [5.74, 6) is 0.591. The van der Waals surface area contributed by atoms with Crippen LogP contribution in [0.25, 0.3) is 22.0 Å². The number of hydrogen-bond acceptors (Lipinski definition) is 3. The third kappa shape index (κ3) is 3.27. The Balaban J connectivity index is 2.17. The number of nitrogens with zero attached hydrogens (tertiary/aromatic N) is 1. The Kier molecular flexibility index (Phi) is 5.09. The van der Waals surface area contributed by atoms with E-state index in [9.17, 15) is 0 Å². The molecule has 0 bridgehead atoms. The summed E-state index contributed by atoms with van der Waals surface area (Å²) in [6.07, 6.45) is 2.87. The fourth-order valence-electron chi connectivity index (χ4n) is 3.65. The summed E-state index contributed by atoms with van der Waals surface area (Å²) in [4.78, 5) is 8.24. The molecule has 132 valence electrons. The SMILES string of the molecule is CCc1nc(N)cc(C)c1-c1cccc2c(C)c(CCCOC)[nH]c12. The second-order valence-electron chi connectivity index (χ2n) is 6.59. The van der Waals surface area contributed by atoms with Gasteiger partial charge >= 0.3 is 0 Å². The smallest absolute Gasteiger partial charge is 0.123 e. The second kappa shape index (κ2) is 7.28. The number of fused-ring (bicyclic) bond motifs is 1. The summed E-state index contributed by atoms with van der Waals surface area (Å²) in [6.45, 7) is 7.21. The zero-order valence-electron chi connectivity index (χ0n) is 15.6. The van der Waals surface area contributed by atoms with Gasteiger partial charge in [0.25, 0.3) is 0 Å². The third-order valence-corrected chi connectivity index (χ3v) is 4.89. The van der Waals surface area contributed by atoms with Gasteiger partial charge in [0, 0.05) is 35.9 Å². The van der Waals surface area contributed by atoms with E-state index in [2.05, 4.69) is 48.9 Å². The molecule has 0 saturated heterocycles. The van der Waals surface area contributed by atoms with Crippen molar-refractivity contribution in [3.05, 3.63) is 46.8 Å². The number of methoxy groups -OCH3 is 1. The molecule has 3 rings (SSSR count). The fourth-order valence-corrected chi connectivity index (χ4v) is 3.65. The van der Waals surface area contributed by atoms with Crippen molar-refractivity contribution in [3.63, 3.8) is 0 Å². The van der Waals surface area contributed by atoms with Gasteiger partial charge in [0.2, 0.25) is 0 Å². The Hall–Kier alpha value is -2.33. The van der Waals surface area contributed by atoms with Crippen LogP contribution in [0.1, 0.15) is 35.9 Å². The number of aromatic amines is 1. The molecule has 25 heavy (non-hydrogen) atoms. The van der Waals surface area contributed by atoms with Gasteiger partial charge in [0.05, 0.1) is 11.2 Å². The number of benzene rings is 1. The number of nitrogens with two attached hydrogens (primary N) is 1. The first kappa shape index (κ1) is 17.5. The quantitative estimate of drug-likeness (QED) is 0.648. The molecule has 0 unspecified atom stereocenters. The average molecular weight is 337 g/mol. The number of nitrogens with one attached hydrogen (secondary N) is 1. The Morgan fingerprint density at radius 1 is 1.24 bits per heavy atom. The number of rotatable bonds is 6. The highest BCUT2D eigenvalue weighted by molar-refractivity contribution is 5.98. The first-order chi connectivity index (χ1) is 12.1. The molecule has 2 heterocycles. The fraction of sp³-hybridized carbons (Fsp3) is 0.381. The lowest BCUT2D eigenvalue weighted by atomic mass is 9.95. The molecule has 4 nitrogen and oxygen atoms in total. The van der Waals surface area contributed by atoms with Crippen molar-refractivity contribution in [1.29, 1.82) is 0 Å². The van der Waals surface area contributed by atoms with Crippen molar-refractivity contribution < 1.29 is 4.74 Å². The molecule has 0 atom stereocenters. The summed E-state index contributed by atoms with van der Waals surface area (Å²) in [7, 11) is 1.75. The summed E-state index contributed by atoms with van der Waals surface area (Å²) in [5.41, 5.74) is 14.4. The van der Waals surface area contributed by atoms with Crippen LogP contribution in [0.5, 0.6) is 0 Å². The highest BCUT2D eigenvalue weighted by atomic mass is 16.5. The molecular weight excluding hydrogens is 310 g/mol. The monoisotopic (exact) mass is 337 g/mol. The average Bonchev–Trinajstić information content (AvgIpc) is 2.91. The maximum absolute atomic E-state index is 5.96. The van der Waals surface area contributed by atoms with E-state index in [1.807, 2.05) is 6.07 Å². The third-order valence-electron chi connectivity index (χ3n) is 4.89. The van der Waals surface area contributed by atoms with Gasteiger partial charge in [-0.05, 0) is 50.3 Å². The number of anilines is 1. The number of aryl methyl sites for hydroxylation is 4. The predicted octanol–water partition coefficient (Wildman–Crippen LogP) is 4.57. The van der Waals surface area contributed by atoms with E-state index in [0.29, 0.717) is 5.82 Å². The zero-order chi connectivity index (χ0) is 18.0. The Morgan fingerprint density at radius 3 is 2.76 bits per heavy atom. The maximum Gasteiger partial charge on any atom is 0.123 e. The molecule has 0 amide bonds. The van der Waals surface area contributed by atoms with E-state index in [4.69, 9.17) is 10.5 Å². The van der Waals surface area contributed by atoms with Crippen LogP contribution in [0.2, 0.25) is 0 Å². The number of nitrogen functional groups attached to an aromatic ring is 1. The molecule has 3 N–H and O–H groups in total. The molecule has 0 radical (unpaired) electrons. The molecule has 4 heteroatoms. The van der Waals surface area contributed by atoms with Crippen LogP contribution in [0.15, 0.2) is 24.3 Å². The Morgan fingerprint density at radius 2 is 2.04 bits per heavy atom. The normalized spacial score (nSPS) is 11.4. The number of H-pyrrole nitrogens is 1. The molecule has 0 aliphatic rings. The summed E-state index contributed by atoms with van der Waals surface area (Å²) < 4.78 is 5.19. The summed E-state index contributed by atoms with van der Waals surface area (Å²) in [6, 6.07) is 8.46. The molecule has 0 fully saturated rings. The van der Waals surface area contributed by atoms with Gasteiger partial charge in [0.15, 0.2) is 0 Å². The van der Waals surface area contributed by atoms with Crippen LogP contribution in [-0.2, 0) is 17.6 Å². The van der Waals surface area contributed by atoms with Gasteiger partial charge in [-0.2, -0.15) is 0 Å². The lowest BCUT2D eigenvalue weighted by Crippen LogP contribution is -2.01. The Bertz CT molecular complexity index is 896. The molecule has 2 aromatic heterocycles. The van der Waals surface area contributed by atoms with Gasteiger partial charge in [-0.25, -0.2) is 4.98 Å². The van der Waals surface area contributed by atoms with E-state index in [1.165, 1.54) is 38.9 Å². The topological polar surface area (TPSA) is 63.9 Å².